The van der Waals surface area contributed by atoms with Crippen molar-refractivity contribution in [3.63, 3.8) is 0 Å². The molecule has 3 rings (SSSR count). The van der Waals surface area contributed by atoms with Crippen LogP contribution in [-0.2, 0) is 0 Å². The van der Waals surface area contributed by atoms with E-state index in [1.807, 2.05) is 36.4 Å². The number of thioether (sulfide) groups is 1. The Morgan fingerprint density at radius 3 is 2.81 bits per heavy atom. The highest BCUT2D eigenvalue weighted by Gasteiger charge is 2.09. The molecule has 2 nitrogen and oxygen atoms in total. The standard InChI is InChI=1S/C18H17NOS/c1-13-5-4-7-16(9-13)21-12-18(20)15-10-14-6-2-3-8-17(14)19-11-15/h2-11,18,20H,12H2,1H3. The molecule has 1 unspecified atom stereocenters. The topological polar surface area (TPSA) is 33.1 Å². The van der Waals surface area contributed by atoms with Crippen molar-refractivity contribution in [3.05, 3.63) is 71.9 Å². The Morgan fingerprint density at radius 1 is 1.10 bits per heavy atom. The van der Waals surface area contributed by atoms with Gasteiger partial charge in [0.05, 0.1) is 11.6 Å². The van der Waals surface area contributed by atoms with Crippen LogP contribution in [0.25, 0.3) is 10.9 Å². The third-order valence-electron chi connectivity index (χ3n) is 3.39. The average molecular weight is 295 g/mol. The summed E-state index contributed by atoms with van der Waals surface area (Å²) in [5.41, 5.74) is 3.07. The molecule has 0 bridgehead atoms. The van der Waals surface area contributed by atoms with Crippen molar-refractivity contribution >= 4 is 22.7 Å². The second-order valence-electron chi connectivity index (χ2n) is 5.10. The maximum Gasteiger partial charge on any atom is 0.0898 e. The first-order valence-electron chi connectivity index (χ1n) is 6.94. The lowest BCUT2D eigenvalue weighted by atomic mass is 10.1. The molecular weight excluding hydrogens is 278 g/mol. The van der Waals surface area contributed by atoms with Crippen molar-refractivity contribution < 1.29 is 5.11 Å². The first-order valence-corrected chi connectivity index (χ1v) is 7.93. The number of aromatic nitrogens is 1. The largest absolute Gasteiger partial charge is 0.387 e. The summed E-state index contributed by atoms with van der Waals surface area (Å²) in [5.74, 6) is 0.628. The second kappa shape index (κ2) is 6.29. The molecule has 3 heteroatoms. The van der Waals surface area contributed by atoms with Crippen LogP contribution in [0.15, 0.2) is 65.7 Å². The summed E-state index contributed by atoms with van der Waals surface area (Å²) in [5, 5.41) is 11.4. The molecule has 1 aromatic heterocycles. The average Bonchev–Trinajstić information content (AvgIpc) is 2.52. The second-order valence-corrected chi connectivity index (χ2v) is 6.20. The van der Waals surface area contributed by atoms with Crippen LogP contribution in [-0.4, -0.2) is 15.8 Å². The highest BCUT2D eigenvalue weighted by atomic mass is 32.2. The Morgan fingerprint density at radius 2 is 1.95 bits per heavy atom. The molecular formula is C18H17NOS. The Bertz CT molecular complexity index is 757. The van der Waals surface area contributed by atoms with Gasteiger partial charge in [0.1, 0.15) is 0 Å². The zero-order valence-corrected chi connectivity index (χ0v) is 12.7. The van der Waals surface area contributed by atoms with Gasteiger partial charge in [-0.1, -0.05) is 35.9 Å². The molecule has 0 spiro atoms. The number of aliphatic hydroxyl groups excluding tert-OH is 1. The molecule has 1 heterocycles. The molecule has 2 aromatic carbocycles. The lowest BCUT2D eigenvalue weighted by Crippen LogP contribution is -2.01. The minimum atomic E-state index is -0.507. The predicted octanol–water partition coefficient (Wildman–Crippen LogP) is 4.37. The lowest BCUT2D eigenvalue weighted by Gasteiger charge is -2.11. The van der Waals surface area contributed by atoms with E-state index in [2.05, 4.69) is 30.1 Å². The van der Waals surface area contributed by atoms with Crippen LogP contribution < -0.4 is 0 Å². The minimum Gasteiger partial charge on any atom is -0.387 e. The van der Waals surface area contributed by atoms with Gasteiger partial charge in [0.2, 0.25) is 0 Å². The Balaban J connectivity index is 1.73. The fourth-order valence-corrected chi connectivity index (χ4v) is 3.23. The summed E-state index contributed by atoms with van der Waals surface area (Å²) in [6.07, 6.45) is 1.26. The third-order valence-corrected chi connectivity index (χ3v) is 4.46. The van der Waals surface area contributed by atoms with E-state index >= 15 is 0 Å². The molecule has 106 valence electrons. The number of fused-ring (bicyclic) bond motifs is 1. The number of para-hydroxylation sites is 1. The van der Waals surface area contributed by atoms with E-state index in [1.54, 1.807) is 18.0 Å². The van der Waals surface area contributed by atoms with E-state index in [1.165, 1.54) is 10.5 Å². The zero-order valence-electron chi connectivity index (χ0n) is 11.9. The van der Waals surface area contributed by atoms with Crippen molar-refractivity contribution in [1.82, 2.24) is 4.98 Å². The van der Waals surface area contributed by atoms with Crippen LogP contribution in [0.3, 0.4) is 0 Å². The van der Waals surface area contributed by atoms with Crippen LogP contribution in [0, 0.1) is 6.92 Å². The van der Waals surface area contributed by atoms with Crippen LogP contribution in [0.1, 0.15) is 17.2 Å². The minimum absolute atomic E-state index is 0.507. The summed E-state index contributed by atoms with van der Waals surface area (Å²) in [4.78, 5) is 5.59. The molecule has 0 aliphatic heterocycles. The lowest BCUT2D eigenvalue weighted by molar-refractivity contribution is 0.204. The molecule has 1 atom stereocenters. The Hall–Kier alpha value is -1.84. The molecule has 0 aliphatic rings. The highest BCUT2D eigenvalue weighted by Crippen LogP contribution is 2.26. The van der Waals surface area contributed by atoms with Crippen molar-refractivity contribution in [2.75, 3.05) is 5.75 Å². The summed E-state index contributed by atoms with van der Waals surface area (Å²) < 4.78 is 0. The van der Waals surface area contributed by atoms with Gasteiger partial charge in [0.15, 0.2) is 0 Å². The summed E-state index contributed by atoms with van der Waals surface area (Å²) >= 11 is 1.67. The molecule has 1 N–H and O–H groups in total. The molecule has 0 fully saturated rings. The molecule has 0 aliphatic carbocycles. The van der Waals surface area contributed by atoms with E-state index in [4.69, 9.17) is 0 Å². The molecule has 3 aromatic rings. The van der Waals surface area contributed by atoms with Crippen LogP contribution in [0.5, 0.6) is 0 Å². The summed E-state index contributed by atoms with van der Waals surface area (Å²) in [6, 6.07) is 18.3. The van der Waals surface area contributed by atoms with Crippen LogP contribution >= 0.6 is 11.8 Å². The van der Waals surface area contributed by atoms with Crippen molar-refractivity contribution in [2.24, 2.45) is 0 Å². The normalized spacial score (nSPS) is 12.5. The number of benzene rings is 2. The number of aliphatic hydroxyl groups is 1. The SMILES string of the molecule is Cc1cccc(SCC(O)c2cnc3ccccc3c2)c1. The first kappa shape index (κ1) is 14.1. The zero-order chi connectivity index (χ0) is 14.7. The van der Waals surface area contributed by atoms with Gasteiger partial charge in [0.25, 0.3) is 0 Å². The third kappa shape index (κ3) is 3.43. The smallest absolute Gasteiger partial charge is 0.0898 e. The molecule has 0 radical (unpaired) electrons. The van der Waals surface area contributed by atoms with E-state index < -0.39 is 6.10 Å². The number of hydrogen-bond acceptors (Lipinski definition) is 3. The summed E-state index contributed by atoms with van der Waals surface area (Å²) in [6.45, 7) is 2.08. The fraction of sp³-hybridized carbons (Fsp3) is 0.167. The first-order chi connectivity index (χ1) is 10.2. The highest BCUT2D eigenvalue weighted by molar-refractivity contribution is 7.99. The Labute approximate surface area is 128 Å². The number of pyridine rings is 1. The van der Waals surface area contributed by atoms with Gasteiger partial charge in [-0.25, -0.2) is 0 Å². The maximum absolute atomic E-state index is 10.3. The number of nitrogens with zero attached hydrogens (tertiary/aromatic N) is 1. The van der Waals surface area contributed by atoms with E-state index in [0.717, 1.165) is 16.5 Å². The van der Waals surface area contributed by atoms with Gasteiger partial charge in [0, 0.05) is 27.8 Å². The van der Waals surface area contributed by atoms with Crippen molar-refractivity contribution in [2.45, 2.75) is 17.9 Å². The summed E-state index contributed by atoms with van der Waals surface area (Å²) in [7, 11) is 0. The molecule has 0 amide bonds. The molecule has 21 heavy (non-hydrogen) atoms. The fourth-order valence-electron chi connectivity index (χ4n) is 2.25. The maximum atomic E-state index is 10.3. The van der Waals surface area contributed by atoms with Crippen LogP contribution in [0.4, 0.5) is 0 Å². The quantitative estimate of drug-likeness (QED) is 0.726. The van der Waals surface area contributed by atoms with Gasteiger partial charge < -0.3 is 5.11 Å². The molecule has 0 saturated heterocycles. The van der Waals surface area contributed by atoms with Crippen LogP contribution in [0.2, 0.25) is 0 Å². The Kier molecular flexibility index (Phi) is 4.23. The van der Waals surface area contributed by atoms with E-state index in [9.17, 15) is 5.11 Å². The predicted molar refractivity (Wildman–Crippen MR) is 88.6 cm³/mol. The van der Waals surface area contributed by atoms with Gasteiger partial charge >= 0.3 is 0 Å². The number of rotatable bonds is 4. The van der Waals surface area contributed by atoms with Gasteiger partial charge in [-0.3, -0.25) is 4.98 Å². The van der Waals surface area contributed by atoms with Crippen molar-refractivity contribution in [3.8, 4) is 0 Å². The van der Waals surface area contributed by atoms with E-state index in [0.29, 0.717) is 5.75 Å². The number of hydrogen-bond donors (Lipinski definition) is 1. The van der Waals surface area contributed by atoms with E-state index in [-0.39, 0.29) is 0 Å². The molecule has 0 saturated carbocycles. The van der Waals surface area contributed by atoms with Gasteiger partial charge in [-0.05, 0) is 31.2 Å². The van der Waals surface area contributed by atoms with Crippen molar-refractivity contribution in [1.29, 1.82) is 0 Å². The van der Waals surface area contributed by atoms with Gasteiger partial charge in [-0.15, -0.1) is 11.8 Å². The monoisotopic (exact) mass is 295 g/mol. The van der Waals surface area contributed by atoms with Gasteiger partial charge in [-0.2, -0.15) is 0 Å². The number of aryl methyl sites for hydroxylation is 1.